The van der Waals surface area contributed by atoms with Crippen LogP contribution in [0.25, 0.3) is 22.2 Å². The molecule has 0 radical (unpaired) electrons. The number of benzene rings is 2. The Labute approximate surface area is 145 Å². The summed E-state index contributed by atoms with van der Waals surface area (Å²) in [6.07, 6.45) is 1.08. The molecule has 2 aromatic carbocycles. The van der Waals surface area contributed by atoms with Gasteiger partial charge in [-0.2, -0.15) is 0 Å². The molecule has 0 N–H and O–H groups in total. The van der Waals surface area contributed by atoms with E-state index in [9.17, 15) is 0 Å². The van der Waals surface area contributed by atoms with Crippen LogP contribution in [0.1, 0.15) is 41.7 Å². The molecule has 1 nitrogen and oxygen atoms in total. The van der Waals surface area contributed by atoms with E-state index in [-0.39, 0.29) is 0 Å². The number of pyridine rings is 1. The Morgan fingerprint density at radius 3 is 2.04 bits per heavy atom. The van der Waals surface area contributed by atoms with Gasteiger partial charge in [0.15, 0.2) is 0 Å². The maximum absolute atomic E-state index is 5.02. The van der Waals surface area contributed by atoms with E-state index in [1.165, 1.54) is 38.8 Å². The van der Waals surface area contributed by atoms with E-state index in [0.717, 1.165) is 17.6 Å². The van der Waals surface area contributed by atoms with Gasteiger partial charge in [0.2, 0.25) is 0 Å². The zero-order valence-electron chi connectivity index (χ0n) is 15.7. The van der Waals surface area contributed by atoms with Gasteiger partial charge in [-0.15, -0.1) is 0 Å². The van der Waals surface area contributed by atoms with Crippen molar-refractivity contribution in [3.05, 3.63) is 64.2 Å². The van der Waals surface area contributed by atoms with Gasteiger partial charge < -0.3 is 0 Å². The van der Waals surface area contributed by atoms with Crippen molar-refractivity contribution in [2.24, 2.45) is 5.92 Å². The van der Waals surface area contributed by atoms with Crippen molar-refractivity contribution in [1.29, 1.82) is 0 Å². The summed E-state index contributed by atoms with van der Waals surface area (Å²) < 4.78 is 0. The Hall–Kier alpha value is -2.15. The Morgan fingerprint density at radius 1 is 0.792 bits per heavy atom. The maximum Gasteiger partial charge on any atom is 0.0717 e. The van der Waals surface area contributed by atoms with E-state index in [4.69, 9.17) is 4.98 Å². The third-order valence-electron chi connectivity index (χ3n) is 4.48. The normalized spacial score (nSPS) is 11.5. The molecule has 0 fully saturated rings. The van der Waals surface area contributed by atoms with E-state index in [0.29, 0.717) is 5.92 Å². The molecule has 0 atom stereocenters. The summed E-state index contributed by atoms with van der Waals surface area (Å²) in [6, 6.07) is 13.5. The molecule has 0 aliphatic heterocycles. The topological polar surface area (TPSA) is 12.9 Å². The number of aromatic nitrogens is 1. The van der Waals surface area contributed by atoms with Crippen molar-refractivity contribution < 1.29 is 0 Å². The quantitative estimate of drug-likeness (QED) is 0.549. The summed E-state index contributed by atoms with van der Waals surface area (Å²) in [5.74, 6) is 0.628. The molecule has 1 heterocycles. The highest BCUT2D eigenvalue weighted by Crippen LogP contribution is 2.30. The lowest BCUT2D eigenvalue weighted by Crippen LogP contribution is -2.00. The molecule has 0 aliphatic carbocycles. The van der Waals surface area contributed by atoms with Crippen LogP contribution >= 0.6 is 0 Å². The Kier molecular flexibility index (Phi) is 4.45. The van der Waals surface area contributed by atoms with Crippen molar-refractivity contribution >= 4 is 10.9 Å². The lowest BCUT2D eigenvalue weighted by atomic mass is 9.93. The van der Waals surface area contributed by atoms with Gasteiger partial charge in [-0.1, -0.05) is 37.1 Å². The highest BCUT2D eigenvalue weighted by atomic mass is 14.7. The lowest BCUT2D eigenvalue weighted by Gasteiger charge is -2.15. The summed E-state index contributed by atoms with van der Waals surface area (Å²) in [5.41, 5.74) is 10.0. The molecule has 0 aliphatic rings. The summed E-state index contributed by atoms with van der Waals surface area (Å²) in [4.78, 5) is 5.02. The Bertz CT molecular complexity index is 883. The van der Waals surface area contributed by atoms with E-state index < -0.39 is 0 Å². The van der Waals surface area contributed by atoms with Crippen molar-refractivity contribution in [1.82, 2.24) is 4.98 Å². The second-order valence-electron chi connectivity index (χ2n) is 7.62. The smallest absolute Gasteiger partial charge is 0.0717 e. The molecule has 0 saturated carbocycles. The van der Waals surface area contributed by atoms with E-state index in [1.807, 2.05) is 0 Å². The predicted molar refractivity (Wildman–Crippen MR) is 105 cm³/mol. The van der Waals surface area contributed by atoms with Crippen molar-refractivity contribution in [3.63, 3.8) is 0 Å². The SMILES string of the molecule is Cc1cc(C)cc(-c2cc(CC(C)C)c3c(C)cc(C)cc3n2)c1. The first kappa shape index (κ1) is 16.7. The minimum Gasteiger partial charge on any atom is -0.248 e. The van der Waals surface area contributed by atoms with Crippen LogP contribution in [-0.2, 0) is 6.42 Å². The molecule has 0 saturated heterocycles. The summed E-state index contributed by atoms with van der Waals surface area (Å²) >= 11 is 0. The van der Waals surface area contributed by atoms with Crippen LogP contribution in [0.4, 0.5) is 0 Å². The molecule has 0 unspecified atom stereocenters. The van der Waals surface area contributed by atoms with Gasteiger partial charge in [0, 0.05) is 10.9 Å². The third-order valence-corrected chi connectivity index (χ3v) is 4.48. The number of hydrogen-bond acceptors (Lipinski definition) is 1. The van der Waals surface area contributed by atoms with E-state index in [1.54, 1.807) is 0 Å². The fourth-order valence-electron chi connectivity index (χ4n) is 3.72. The van der Waals surface area contributed by atoms with Gasteiger partial charge in [-0.25, -0.2) is 4.98 Å². The van der Waals surface area contributed by atoms with Crippen LogP contribution in [0, 0.1) is 33.6 Å². The molecule has 0 bridgehead atoms. The molecule has 3 aromatic rings. The van der Waals surface area contributed by atoms with Gasteiger partial charge in [0.1, 0.15) is 0 Å². The second-order valence-corrected chi connectivity index (χ2v) is 7.62. The number of nitrogens with zero attached hydrogens (tertiary/aromatic N) is 1. The van der Waals surface area contributed by atoms with Crippen molar-refractivity contribution in [2.75, 3.05) is 0 Å². The van der Waals surface area contributed by atoms with Crippen molar-refractivity contribution in [3.8, 4) is 11.3 Å². The number of hydrogen-bond donors (Lipinski definition) is 0. The molecule has 3 rings (SSSR count). The summed E-state index contributed by atoms with van der Waals surface area (Å²) in [5, 5.41) is 1.34. The fraction of sp³-hybridized carbons (Fsp3) is 0.348. The number of rotatable bonds is 3. The molecule has 0 amide bonds. The van der Waals surface area contributed by atoms with E-state index in [2.05, 4.69) is 77.9 Å². The second kappa shape index (κ2) is 6.39. The molecule has 1 aromatic heterocycles. The van der Waals surface area contributed by atoms with Gasteiger partial charge in [-0.05, 0) is 81.0 Å². The molecular weight excluding hydrogens is 290 g/mol. The van der Waals surface area contributed by atoms with Crippen molar-refractivity contribution in [2.45, 2.75) is 48.0 Å². The largest absolute Gasteiger partial charge is 0.248 e. The molecule has 24 heavy (non-hydrogen) atoms. The van der Waals surface area contributed by atoms with Gasteiger partial charge in [0.05, 0.1) is 11.2 Å². The third kappa shape index (κ3) is 3.36. The Morgan fingerprint density at radius 2 is 1.42 bits per heavy atom. The van der Waals surface area contributed by atoms with E-state index >= 15 is 0 Å². The highest BCUT2D eigenvalue weighted by Gasteiger charge is 2.12. The van der Waals surface area contributed by atoms with Crippen LogP contribution in [0.5, 0.6) is 0 Å². The summed E-state index contributed by atoms with van der Waals surface area (Å²) in [7, 11) is 0. The van der Waals surface area contributed by atoms with Gasteiger partial charge in [-0.3, -0.25) is 0 Å². The average molecular weight is 317 g/mol. The first-order chi connectivity index (χ1) is 11.3. The minimum atomic E-state index is 0.628. The zero-order valence-corrected chi connectivity index (χ0v) is 15.7. The number of fused-ring (bicyclic) bond motifs is 1. The van der Waals surface area contributed by atoms with Crippen LogP contribution in [0.2, 0.25) is 0 Å². The number of aryl methyl sites for hydroxylation is 4. The fourth-order valence-corrected chi connectivity index (χ4v) is 3.72. The molecule has 124 valence electrons. The maximum atomic E-state index is 5.02. The van der Waals surface area contributed by atoms with Crippen LogP contribution in [-0.4, -0.2) is 4.98 Å². The highest BCUT2D eigenvalue weighted by molar-refractivity contribution is 5.88. The van der Waals surface area contributed by atoms with Gasteiger partial charge >= 0.3 is 0 Å². The van der Waals surface area contributed by atoms with Gasteiger partial charge in [0.25, 0.3) is 0 Å². The monoisotopic (exact) mass is 317 g/mol. The molecular formula is C23H27N. The van der Waals surface area contributed by atoms with Crippen LogP contribution in [0.3, 0.4) is 0 Å². The lowest BCUT2D eigenvalue weighted by molar-refractivity contribution is 0.650. The van der Waals surface area contributed by atoms with Crippen LogP contribution in [0.15, 0.2) is 36.4 Å². The predicted octanol–water partition coefficient (Wildman–Crippen LogP) is 6.33. The minimum absolute atomic E-state index is 0.628. The average Bonchev–Trinajstić information content (AvgIpc) is 2.44. The first-order valence-corrected chi connectivity index (χ1v) is 8.83. The standard InChI is InChI=1S/C23H27N/c1-14(2)7-20-13-21(19-10-15(3)8-16(4)11-19)24-22-12-17(5)9-18(6)23(20)22/h8-14H,7H2,1-6H3. The molecule has 0 spiro atoms. The van der Waals surface area contributed by atoms with Crippen LogP contribution < -0.4 is 0 Å². The Balaban J connectivity index is 2.29. The molecule has 1 heteroatoms. The first-order valence-electron chi connectivity index (χ1n) is 8.83. The zero-order chi connectivity index (χ0) is 17.4. The summed E-state index contributed by atoms with van der Waals surface area (Å²) in [6.45, 7) is 13.2.